The van der Waals surface area contributed by atoms with Crippen LogP contribution in [0.15, 0.2) is 41.4 Å². The third-order valence-electron chi connectivity index (χ3n) is 4.43. The van der Waals surface area contributed by atoms with E-state index in [4.69, 9.17) is 5.14 Å². The fourth-order valence-electron chi connectivity index (χ4n) is 3.14. The molecule has 0 spiro atoms. The van der Waals surface area contributed by atoms with Crippen LogP contribution in [0, 0.1) is 0 Å². The molecule has 2 heterocycles. The number of sulfonamides is 1. The Morgan fingerprint density at radius 1 is 1.15 bits per heavy atom. The summed E-state index contributed by atoms with van der Waals surface area (Å²) in [6.45, 7) is 0. The second kappa shape index (κ2) is 6.54. The van der Waals surface area contributed by atoms with Crippen molar-refractivity contribution >= 4 is 33.0 Å². The van der Waals surface area contributed by atoms with E-state index in [2.05, 4.69) is 25.9 Å². The van der Waals surface area contributed by atoms with Gasteiger partial charge < -0.3 is 10.6 Å². The number of rotatable bonds is 5. The van der Waals surface area contributed by atoms with Gasteiger partial charge in [0.25, 0.3) is 0 Å². The van der Waals surface area contributed by atoms with Gasteiger partial charge in [-0.2, -0.15) is 4.52 Å². The minimum absolute atomic E-state index is 0.0623. The maximum absolute atomic E-state index is 11.4. The smallest absolute Gasteiger partial charge is 0.238 e. The van der Waals surface area contributed by atoms with E-state index in [9.17, 15) is 8.42 Å². The van der Waals surface area contributed by atoms with E-state index in [0.29, 0.717) is 23.2 Å². The standard InChI is InChI=1S/C16H19N7O2S/c17-26(24,25)13-7-5-12(6-8-13)20-15-9-14(19-11-3-1-2-4-11)21-16-10-18-22-23(15)16/h5-11,20H,1-4H2,(H,19,21)(H2,17,24,25). The molecule has 1 aliphatic carbocycles. The van der Waals surface area contributed by atoms with Crippen LogP contribution in [0.25, 0.3) is 5.65 Å². The number of fused-ring (bicyclic) bond motifs is 1. The number of hydrogen-bond donors (Lipinski definition) is 3. The van der Waals surface area contributed by atoms with E-state index in [1.54, 1.807) is 22.8 Å². The molecule has 0 aliphatic heterocycles. The number of nitrogens with zero attached hydrogens (tertiary/aromatic N) is 4. The molecule has 0 bridgehead atoms. The molecule has 10 heteroatoms. The summed E-state index contributed by atoms with van der Waals surface area (Å²) in [6.07, 6.45) is 6.34. The summed E-state index contributed by atoms with van der Waals surface area (Å²) in [5.41, 5.74) is 1.32. The highest BCUT2D eigenvalue weighted by Gasteiger charge is 2.16. The van der Waals surface area contributed by atoms with E-state index in [-0.39, 0.29) is 4.90 Å². The molecule has 3 aromatic rings. The lowest BCUT2D eigenvalue weighted by molar-refractivity contribution is 0.598. The summed E-state index contributed by atoms with van der Waals surface area (Å²) < 4.78 is 24.3. The topological polar surface area (TPSA) is 127 Å². The first-order chi connectivity index (χ1) is 12.5. The fraction of sp³-hybridized carbons (Fsp3) is 0.312. The van der Waals surface area contributed by atoms with Gasteiger partial charge in [0.1, 0.15) is 11.6 Å². The quantitative estimate of drug-likeness (QED) is 0.623. The molecule has 0 unspecified atom stereocenters. The molecular weight excluding hydrogens is 354 g/mol. The molecule has 0 atom stereocenters. The van der Waals surface area contributed by atoms with E-state index < -0.39 is 10.0 Å². The molecule has 1 fully saturated rings. The average molecular weight is 373 g/mol. The van der Waals surface area contributed by atoms with Crippen LogP contribution in [0.3, 0.4) is 0 Å². The lowest BCUT2D eigenvalue weighted by atomic mass is 10.2. The Hall–Kier alpha value is -2.72. The molecule has 1 aliphatic rings. The van der Waals surface area contributed by atoms with Crippen molar-refractivity contribution in [2.45, 2.75) is 36.6 Å². The Kier molecular flexibility index (Phi) is 4.21. The molecule has 4 N–H and O–H groups in total. The number of benzene rings is 1. The molecule has 1 saturated carbocycles. The Morgan fingerprint density at radius 2 is 1.88 bits per heavy atom. The van der Waals surface area contributed by atoms with Crippen LogP contribution in [-0.2, 0) is 10.0 Å². The van der Waals surface area contributed by atoms with Crippen molar-refractivity contribution in [2.24, 2.45) is 5.14 Å². The number of aromatic nitrogens is 4. The van der Waals surface area contributed by atoms with Gasteiger partial charge in [0, 0.05) is 17.8 Å². The van der Waals surface area contributed by atoms with Crippen molar-refractivity contribution in [3.63, 3.8) is 0 Å². The van der Waals surface area contributed by atoms with E-state index in [1.807, 2.05) is 6.07 Å². The Balaban J connectivity index is 1.63. The number of nitrogens with two attached hydrogens (primary N) is 1. The molecular formula is C16H19N7O2S. The van der Waals surface area contributed by atoms with Gasteiger partial charge >= 0.3 is 0 Å². The molecule has 4 rings (SSSR count). The van der Waals surface area contributed by atoms with Crippen molar-refractivity contribution in [2.75, 3.05) is 10.6 Å². The Bertz CT molecular complexity index is 1020. The van der Waals surface area contributed by atoms with Crippen molar-refractivity contribution in [3.8, 4) is 0 Å². The number of primary sulfonamides is 1. The van der Waals surface area contributed by atoms with E-state index in [1.165, 1.54) is 25.0 Å². The minimum Gasteiger partial charge on any atom is -0.367 e. The zero-order valence-electron chi connectivity index (χ0n) is 14.0. The van der Waals surface area contributed by atoms with Crippen molar-refractivity contribution < 1.29 is 8.42 Å². The third-order valence-corrected chi connectivity index (χ3v) is 5.36. The lowest BCUT2D eigenvalue weighted by Gasteiger charge is -2.15. The SMILES string of the molecule is NS(=O)(=O)c1ccc(Nc2cc(NC3CCCC3)nc3cnnn23)cc1. The van der Waals surface area contributed by atoms with Crippen LogP contribution in [0.1, 0.15) is 25.7 Å². The molecule has 9 nitrogen and oxygen atoms in total. The molecule has 0 saturated heterocycles. The maximum Gasteiger partial charge on any atom is 0.238 e. The van der Waals surface area contributed by atoms with Gasteiger partial charge in [-0.1, -0.05) is 18.1 Å². The predicted octanol–water partition coefficient (Wildman–Crippen LogP) is 1.87. The highest BCUT2D eigenvalue weighted by Crippen LogP contribution is 2.25. The van der Waals surface area contributed by atoms with Gasteiger partial charge in [0.15, 0.2) is 5.65 Å². The second-order valence-electron chi connectivity index (χ2n) is 6.35. The normalized spacial score (nSPS) is 15.4. The molecule has 0 radical (unpaired) electrons. The summed E-state index contributed by atoms with van der Waals surface area (Å²) in [6, 6.07) is 8.50. The summed E-state index contributed by atoms with van der Waals surface area (Å²) in [7, 11) is -3.71. The summed E-state index contributed by atoms with van der Waals surface area (Å²) >= 11 is 0. The third kappa shape index (κ3) is 3.46. The largest absolute Gasteiger partial charge is 0.367 e. The lowest BCUT2D eigenvalue weighted by Crippen LogP contribution is -2.16. The molecule has 2 aromatic heterocycles. The summed E-state index contributed by atoms with van der Waals surface area (Å²) in [4.78, 5) is 4.60. The van der Waals surface area contributed by atoms with Gasteiger partial charge in [0.05, 0.1) is 11.1 Å². The van der Waals surface area contributed by atoms with Gasteiger partial charge in [-0.3, -0.25) is 0 Å². The summed E-state index contributed by atoms with van der Waals surface area (Å²) in [5, 5.41) is 19.8. The molecule has 26 heavy (non-hydrogen) atoms. The van der Waals surface area contributed by atoms with Crippen molar-refractivity contribution in [3.05, 3.63) is 36.5 Å². The fourth-order valence-corrected chi connectivity index (χ4v) is 3.66. The van der Waals surface area contributed by atoms with Gasteiger partial charge in [0.2, 0.25) is 10.0 Å². The average Bonchev–Trinajstić information content (AvgIpc) is 3.26. The van der Waals surface area contributed by atoms with Crippen molar-refractivity contribution in [1.29, 1.82) is 0 Å². The van der Waals surface area contributed by atoms with Crippen LogP contribution in [0.5, 0.6) is 0 Å². The van der Waals surface area contributed by atoms with Crippen LogP contribution >= 0.6 is 0 Å². The van der Waals surface area contributed by atoms with Crippen LogP contribution in [-0.4, -0.2) is 34.3 Å². The molecule has 136 valence electrons. The summed E-state index contributed by atoms with van der Waals surface area (Å²) in [5.74, 6) is 1.44. The van der Waals surface area contributed by atoms with Crippen LogP contribution < -0.4 is 15.8 Å². The Labute approximate surface area is 150 Å². The van der Waals surface area contributed by atoms with Gasteiger partial charge in [-0.25, -0.2) is 18.5 Å². The zero-order chi connectivity index (χ0) is 18.1. The van der Waals surface area contributed by atoms with Gasteiger partial charge in [-0.15, -0.1) is 5.10 Å². The molecule has 0 amide bonds. The minimum atomic E-state index is -3.71. The number of hydrogen-bond acceptors (Lipinski definition) is 7. The van der Waals surface area contributed by atoms with Crippen molar-refractivity contribution in [1.82, 2.24) is 19.8 Å². The predicted molar refractivity (Wildman–Crippen MR) is 97.8 cm³/mol. The van der Waals surface area contributed by atoms with Crippen LogP contribution in [0.2, 0.25) is 0 Å². The van der Waals surface area contributed by atoms with E-state index in [0.717, 1.165) is 18.7 Å². The number of anilines is 3. The maximum atomic E-state index is 11.4. The second-order valence-corrected chi connectivity index (χ2v) is 7.91. The first-order valence-corrected chi connectivity index (χ1v) is 9.91. The number of nitrogens with one attached hydrogen (secondary N) is 2. The highest BCUT2D eigenvalue weighted by molar-refractivity contribution is 7.89. The zero-order valence-corrected chi connectivity index (χ0v) is 14.8. The van der Waals surface area contributed by atoms with E-state index >= 15 is 0 Å². The first-order valence-electron chi connectivity index (χ1n) is 8.37. The van der Waals surface area contributed by atoms with Gasteiger partial charge in [-0.05, 0) is 37.1 Å². The first kappa shape index (κ1) is 16.7. The van der Waals surface area contributed by atoms with Crippen LogP contribution in [0.4, 0.5) is 17.3 Å². The monoisotopic (exact) mass is 373 g/mol. The highest BCUT2D eigenvalue weighted by atomic mass is 32.2. The Morgan fingerprint density at radius 3 is 2.58 bits per heavy atom. The molecule has 1 aromatic carbocycles.